The maximum absolute atomic E-state index is 11.4. The van der Waals surface area contributed by atoms with E-state index in [1.54, 1.807) is 6.92 Å². The van der Waals surface area contributed by atoms with Gasteiger partial charge in [-0.05, 0) is 87.1 Å². The van der Waals surface area contributed by atoms with Crippen molar-refractivity contribution in [2.45, 2.75) is 45.6 Å². The lowest BCUT2D eigenvalue weighted by molar-refractivity contribution is -0.114. The molecule has 4 aromatic rings. The summed E-state index contributed by atoms with van der Waals surface area (Å²) < 4.78 is 3.49. The molecule has 1 aliphatic heterocycles. The number of halogens is 1. The molecule has 2 heterocycles. The van der Waals surface area contributed by atoms with Gasteiger partial charge in [0.05, 0.1) is 11.0 Å². The van der Waals surface area contributed by atoms with E-state index in [0.29, 0.717) is 5.92 Å². The normalized spacial score (nSPS) is 14.9. The van der Waals surface area contributed by atoms with Gasteiger partial charge in [-0.2, -0.15) is 0 Å². The first kappa shape index (κ1) is 24.7. The Kier molecular flexibility index (Phi) is 7.54. The molecule has 3 aromatic carbocycles. The van der Waals surface area contributed by atoms with Crippen molar-refractivity contribution in [3.63, 3.8) is 0 Å². The third-order valence-corrected chi connectivity index (χ3v) is 8.04. The van der Waals surface area contributed by atoms with E-state index in [9.17, 15) is 4.79 Å². The number of nitrogens with one attached hydrogen (secondary N) is 1. The van der Waals surface area contributed by atoms with Gasteiger partial charge < -0.3 is 14.8 Å². The number of aryl methyl sites for hydroxylation is 2. The summed E-state index contributed by atoms with van der Waals surface area (Å²) in [6.07, 6.45) is 3.39. The lowest BCUT2D eigenvalue weighted by Gasteiger charge is -2.32. The second-order valence-corrected chi connectivity index (χ2v) is 10.7. The molecule has 1 saturated heterocycles. The SMILES string of the molecule is CC(=O)Nc1cccc(C2CCN(CCCn3c(-c4ccccc4)nc4cc(Br)c(C)cc43)CC2)c1. The van der Waals surface area contributed by atoms with Crippen LogP contribution in [-0.4, -0.2) is 40.0 Å². The number of anilines is 1. The van der Waals surface area contributed by atoms with Crippen molar-refractivity contribution in [3.8, 4) is 11.4 Å². The molecule has 0 bridgehead atoms. The van der Waals surface area contributed by atoms with Crippen LogP contribution >= 0.6 is 15.9 Å². The number of likely N-dealkylation sites (tertiary alicyclic amines) is 1. The fourth-order valence-electron chi connectivity index (χ4n) is 5.30. The predicted octanol–water partition coefficient (Wildman–Crippen LogP) is 7.00. The van der Waals surface area contributed by atoms with Gasteiger partial charge in [-0.3, -0.25) is 4.79 Å². The van der Waals surface area contributed by atoms with E-state index in [4.69, 9.17) is 4.98 Å². The van der Waals surface area contributed by atoms with Crippen LogP contribution in [0.15, 0.2) is 71.2 Å². The second-order valence-electron chi connectivity index (χ2n) is 9.82. The van der Waals surface area contributed by atoms with Gasteiger partial charge in [0.15, 0.2) is 0 Å². The van der Waals surface area contributed by atoms with Crippen LogP contribution in [0.4, 0.5) is 5.69 Å². The summed E-state index contributed by atoms with van der Waals surface area (Å²) in [6, 6.07) is 23.2. The molecule has 0 radical (unpaired) electrons. The number of nitrogens with zero attached hydrogens (tertiary/aromatic N) is 3. The first-order valence-corrected chi connectivity index (χ1v) is 13.6. The first-order valence-electron chi connectivity index (χ1n) is 12.8. The number of rotatable bonds is 7. The average molecular weight is 546 g/mol. The molecule has 1 aromatic heterocycles. The number of fused-ring (bicyclic) bond motifs is 1. The highest BCUT2D eigenvalue weighted by Gasteiger charge is 2.21. The first-order chi connectivity index (χ1) is 17.5. The number of hydrogen-bond acceptors (Lipinski definition) is 3. The van der Waals surface area contributed by atoms with Gasteiger partial charge in [-0.15, -0.1) is 0 Å². The quantitative estimate of drug-likeness (QED) is 0.272. The summed E-state index contributed by atoms with van der Waals surface area (Å²) in [6.45, 7) is 7.94. The van der Waals surface area contributed by atoms with Crippen LogP contribution in [0, 0.1) is 6.92 Å². The molecular formula is C30H33BrN4O. The highest BCUT2D eigenvalue weighted by molar-refractivity contribution is 9.10. The van der Waals surface area contributed by atoms with Crippen molar-refractivity contribution < 1.29 is 4.79 Å². The standard InChI is InChI=1S/C30H33BrN4O/c1-21-18-29-28(20-27(21)31)33-30(24-8-4-3-5-9-24)35(29)15-7-14-34-16-12-23(13-17-34)25-10-6-11-26(19-25)32-22(2)36/h3-6,8-11,18-20,23H,7,12-17H2,1-2H3,(H,32,36). The zero-order valence-corrected chi connectivity index (χ0v) is 22.6. The number of piperidine rings is 1. The Balaban J connectivity index is 1.24. The van der Waals surface area contributed by atoms with Crippen molar-refractivity contribution in [3.05, 3.63) is 82.3 Å². The van der Waals surface area contributed by atoms with Crippen molar-refractivity contribution in [1.29, 1.82) is 0 Å². The maximum Gasteiger partial charge on any atom is 0.221 e. The van der Waals surface area contributed by atoms with Gasteiger partial charge >= 0.3 is 0 Å². The van der Waals surface area contributed by atoms with Gasteiger partial charge in [-0.1, -0.05) is 58.4 Å². The van der Waals surface area contributed by atoms with Crippen LogP contribution in [0.3, 0.4) is 0 Å². The Morgan fingerprint density at radius 1 is 1.03 bits per heavy atom. The number of hydrogen-bond donors (Lipinski definition) is 1. The van der Waals surface area contributed by atoms with Gasteiger partial charge in [0.25, 0.3) is 0 Å². The molecule has 0 atom stereocenters. The molecular weight excluding hydrogens is 512 g/mol. The Morgan fingerprint density at radius 2 is 1.81 bits per heavy atom. The zero-order valence-electron chi connectivity index (χ0n) is 21.0. The topological polar surface area (TPSA) is 50.2 Å². The predicted molar refractivity (Wildman–Crippen MR) is 151 cm³/mol. The van der Waals surface area contributed by atoms with Gasteiger partial charge in [0.1, 0.15) is 5.82 Å². The summed E-state index contributed by atoms with van der Waals surface area (Å²) in [7, 11) is 0. The molecule has 1 amide bonds. The summed E-state index contributed by atoms with van der Waals surface area (Å²) in [5.41, 5.74) is 6.85. The molecule has 5 rings (SSSR count). The third kappa shape index (κ3) is 5.55. The monoisotopic (exact) mass is 544 g/mol. The van der Waals surface area contributed by atoms with Crippen LogP contribution in [0.5, 0.6) is 0 Å². The minimum Gasteiger partial charge on any atom is -0.326 e. The van der Waals surface area contributed by atoms with E-state index >= 15 is 0 Å². The van der Waals surface area contributed by atoms with Crippen LogP contribution in [-0.2, 0) is 11.3 Å². The van der Waals surface area contributed by atoms with E-state index in [1.165, 1.54) is 16.6 Å². The van der Waals surface area contributed by atoms with Crippen molar-refractivity contribution in [2.24, 2.45) is 0 Å². The van der Waals surface area contributed by atoms with Crippen molar-refractivity contribution in [2.75, 3.05) is 25.0 Å². The van der Waals surface area contributed by atoms with Crippen LogP contribution in [0.25, 0.3) is 22.4 Å². The number of carbonyl (C=O) groups is 1. The minimum atomic E-state index is -0.0224. The van der Waals surface area contributed by atoms with Gasteiger partial charge in [0, 0.05) is 29.2 Å². The maximum atomic E-state index is 11.4. The number of carbonyl (C=O) groups excluding carboxylic acids is 1. The minimum absolute atomic E-state index is 0.0224. The third-order valence-electron chi connectivity index (χ3n) is 7.18. The van der Waals surface area contributed by atoms with Crippen molar-refractivity contribution >= 4 is 38.6 Å². The fourth-order valence-corrected chi connectivity index (χ4v) is 5.63. The van der Waals surface area contributed by atoms with E-state index in [2.05, 4.69) is 92.2 Å². The van der Waals surface area contributed by atoms with E-state index in [-0.39, 0.29) is 5.91 Å². The lowest BCUT2D eigenvalue weighted by Crippen LogP contribution is -2.34. The molecule has 6 heteroatoms. The largest absolute Gasteiger partial charge is 0.326 e. The number of benzene rings is 3. The Morgan fingerprint density at radius 3 is 2.56 bits per heavy atom. The molecule has 0 aliphatic carbocycles. The van der Waals surface area contributed by atoms with Crippen LogP contribution in [0.2, 0.25) is 0 Å². The number of aromatic nitrogens is 2. The molecule has 5 nitrogen and oxygen atoms in total. The Labute approximate surface area is 221 Å². The zero-order chi connectivity index (χ0) is 25.1. The highest BCUT2D eigenvalue weighted by atomic mass is 79.9. The summed E-state index contributed by atoms with van der Waals surface area (Å²) >= 11 is 3.67. The molecule has 36 heavy (non-hydrogen) atoms. The van der Waals surface area contributed by atoms with E-state index < -0.39 is 0 Å². The van der Waals surface area contributed by atoms with Crippen LogP contribution in [0.1, 0.15) is 43.2 Å². The van der Waals surface area contributed by atoms with Crippen LogP contribution < -0.4 is 5.32 Å². The summed E-state index contributed by atoms with van der Waals surface area (Å²) in [5, 5.41) is 2.91. The van der Waals surface area contributed by atoms with Gasteiger partial charge in [0.2, 0.25) is 5.91 Å². The number of amides is 1. The highest BCUT2D eigenvalue weighted by Crippen LogP contribution is 2.31. The Hall–Kier alpha value is -2.96. The molecule has 0 spiro atoms. The van der Waals surface area contributed by atoms with E-state index in [1.807, 2.05) is 12.1 Å². The number of imidazole rings is 1. The Bertz CT molecular complexity index is 1360. The molecule has 1 fully saturated rings. The molecule has 0 saturated carbocycles. The summed E-state index contributed by atoms with van der Waals surface area (Å²) in [4.78, 5) is 19.0. The van der Waals surface area contributed by atoms with Gasteiger partial charge in [-0.25, -0.2) is 4.98 Å². The molecule has 0 unspecified atom stereocenters. The van der Waals surface area contributed by atoms with E-state index in [0.717, 1.165) is 72.5 Å². The molecule has 1 aliphatic rings. The fraction of sp³-hybridized carbons (Fsp3) is 0.333. The second kappa shape index (κ2) is 11.0. The molecule has 1 N–H and O–H groups in total. The smallest absolute Gasteiger partial charge is 0.221 e. The lowest BCUT2D eigenvalue weighted by atomic mass is 9.89. The van der Waals surface area contributed by atoms with Crippen molar-refractivity contribution in [1.82, 2.24) is 14.5 Å². The molecule has 186 valence electrons. The average Bonchev–Trinajstić information content (AvgIpc) is 3.22. The summed E-state index contributed by atoms with van der Waals surface area (Å²) in [5.74, 6) is 1.57.